The van der Waals surface area contributed by atoms with E-state index in [1.807, 2.05) is 29.2 Å². The molecule has 2 N–H and O–H groups in total. The van der Waals surface area contributed by atoms with Crippen molar-refractivity contribution in [1.29, 1.82) is 0 Å². The molecular formula is C21H26N4O5S. The van der Waals surface area contributed by atoms with E-state index in [2.05, 4.69) is 22.4 Å². The van der Waals surface area contributed by atoms with E-state index >= 15 is 0 Å². The first-order valence-corrected chi connectivity index (χ1v) is 11.3. The van der Waals surface area contributed by atoms with Crippen LogP contribution in [-0.4, -0.2) is 56.8 Å². The van der Waals surface area contributed by atoms with Crippen LogP contribution in [0.3, 0.4) is 0 Å². The number of fused-ring (bicyclic) bond motifs is 2. The van der Waals surface area contributed by atoms with E-state index in [0.717, 1.165) is 24.1 Å². The molecule has 0 radical (unpaired) electrons. The number of carboxylic acid groups (broad SMARTS) is 1. The van der Waals surface area contributed by atoms with Crippen molar-refractivity contribution in [1.82, 2.24) is 15.0 Å². The largest absolute Gasteiger partial charge is 0.483 e. The first-order chi connectivity index (χ1) is 15.0. The minimum absolute atomic E-state index is 0.0245. The SMILES string of the molecule is CCC[C@@H]1N(C(=O)CSCc2nc(C)no2)CC[C@]12C(=O)Nc1ccccc12.O=CO. The standard InChI is InChI=1S/C20H24N4O3S.CH2O2/c1-3-6-16-20(14-7-4-5-8-15(14)22-19(20)26)9-10-24(16)18(25)12-28-11-17-21-13(2)23-27-17;2-1-3/h4-5,7-8,16H,3,6,9-12H2,1-2H3,(H,22,26);1H,(H,2,3)/t16-,20+;/m0./s1. The number of anilines is 1. The Labute approximate surface area is 184 Å². The van der Waals surface area contributed by atoms with E-state index in [0.29, 0.717) is 36.2 Å². The number of aromatic nitrogens is 2. The van der Waals surface area contributed by atoms with Crippen LogP contribution in [0.15, 0.2) is 28.8 Å². The molecule has 0 aliphatic carbocycles. The Hall–Kier alpha value is -2.88. The van der Waals surface area contributed by atoms with Gasteiger partial charge in [0.25, 0.3) is 6.47 Å². The number of hydrogen-bond donors (Lipinski definition) is 2. The zero-order chi connectivity index (χ0) is 22.4. The number of benzene rings is 1. The van der Waals surface area contributed by atoms with Gasteiger partial charge in [-0.25, -0.2) is 0 Å². The van der Waals surface area contributed by atoms with Crippen LogP contribution >= 0.6 is 11.8 Å². The lowest BCUT2D eigenvalue weighted by Gasteiger charge is -2.34. The second-order valence-corrected chi connectivity index (χ2v) is 8.43. The summed E-state index contributed by atoms with van der Waals surface area (Å²) in [7, 11) is 0. The molecule has 10 heteroatoms. The molecule has 0 unspecified atom stereocenters. The highest BCUT2D eigenvalue weighted by atomic mass is 32.2. The molecule has 9 nitrogen and oxygen atoms in total. The second-order valence-electron chi connectivity index (χ2n) is 7.45. The van der Waals surface area contributed by atoms with Crippen LogP contribution in [0.4, 0.5) is 5.69 Å². The van der Waals surface area contributed by atoms with Gasteiger partial charge in [-0.15, -0.1) is 11.8 Å². The van der Waals surface area contributed by atoms with Crippen molar-refractivity contribution in [2.45, 2.75) is 50.3 Å². The van der Waals surface area contributed by atoms with Crippen LogP contribution < -0.4 is 5.32 Å². The number of nitrogens with one attached hydrogen (secondary N) is 1. The molecule has 1 aromatic carbocycles. The van der Waals surface area contributed by atoms with Crippen molar-refractivity contribution < 1.29 is 24.0 Å². The van der Waals surface area contributed by atoms with Crippen molar-refractivity contribution in [3.05, 3.63) is 41.5 Å². The smallest absolute Gasteiger partial charge is 0.290 e. The van der Waals surface area contributed by atoms with Crippen LogP contribution in [0.1, 0.15) is 43.5 Å². The van der Waals surface area contributed by atoms with E-state index in [-0.39, 0.29) is 24.3 Å². The second kappa shape index (κ2) is 9.95. The number of likely N-dealkylation sites (tertiary alicyclic amines) is 1. The molecule has 1 spiro atoms. The summed E-state index contributed by atoms with van der Waals surface area (Å²) in [5, 5.41) is 13.7. The number of aryl methyl sites for hydroxylation is 1. The predicted molar refractivity (Wildman–Crippen MR) is 116 cm³/mol. The maximum Gasteiger partial charge on any atom is 0.290 e. The third-order valence-corrected chi connectivity index (χ3v) is 6.56. The number of para-hydroxylation sites is 1. The summed E-state index contributed by atoms with van der Waals surface area (Å²) in [5.41, 5.74) is 1.28. The fourth-order valence-corrected chi connectivity index (χ4v) is 5.22. The predicted octanol–water partition coefficient (Wildman–Crippen LogP) is 2.60. The van der Waals surface area contributed by atoms with Gasteiger partial charge in [0.1, 0.15) is 0 Å². The van der Waals surface area contributed by atoms with Crippen molar-refractivity contribution in [3.8, 4) is 0 Å². The van der Waals surface area contributed by atoms with Gasteiger partial charge in [0.2, 0.25) is 17.7 Å². The maximum absolute atomic E-state index is 13.0. The van der Waals surface area contributed by atoms with Crippen LogP contribution in [0.5, 0.6) is 0 Å². The van der Waals surface area contributed by atoms with E-state index in [1.54, 1.807) is 6.92 Å². The van der Waals surface area contributed by atoms with Gasteiger partial charge in [-0.1, -0.05) is 36.7 Å². The average molecular weight is 447 g/mol. The molecule has 0 saturated carbocycles. The fourth-order valence-electron chi connectivity index (χ4n) is 4.48. The van der Waals surface area contributed by atoms with E-state index in [9.17, 15) is 9.59 Å². The normalized spacial score (nSPS) is 21.4. The van der Waals surface area contributed by atoms with Gasteiger partial charge in [0.05, 0.1) is 23.0 Å². The molecule has 2 aliphatic rings. The van der Waals surface area contributed by atoms with Crippen molar-refractivity contribution in [2.24, 2.45) is 0 Å². The van der Waals surface area contributed by atoms with Crippen LogP contribution in [-0.2, 0) is 25.6 Å². The fraction of sp³-hybridized carbons (Fsp3) is 0.476. The minimum atomic E-state index is -0.628. The monoisotopic (exact) mass is 446 g/mol. The highest BCUT2D eigenvalue weighted by Gasteiger charge is 2.58. The highest BCUT2D eigenvalue weighted by Crippen LogP contribution is 2.49. The summed E-state index contributed by atoms with van der Waals surface area (Å²) in [6, 6.07) is 7.76. The molecule has 166 valence electrons. The Morgan fingerprint density at radius 3 is 2.87 bits per heavy atom. The van der Waals surface area contributed by atoms with Crippen LogP contribution in [0.2, 0.25) is 0 Å². The van der Waals surface area contributed by atoms with Crippen LogP contribution in [0.25, 0.3) is 0 Å². The van der Waals surface area contributed by atoms with Crippen molar-refractivity contribution in [2.75, 3.05) is 17.6 Å². The third-order valence-electron chi connectivity index (χ3n) is 5.66. The Balaban J connectivity index is 0.000000858. The third kappa shape index (κ3) is 4.43. The lowest BCUT2D eigenvalue weighted by atomic mass is 9.73. The van der Waals surface area contributed by atoms with E-state index in [1.165, 1.54) is 11.8 Å². The highest BCUT2D eigenvalue weighted by molar-refractivity contribution is 7.99. The molecule has 2 aliphatic heterocycles. The summed E-state index contributed by atoms with van der Waals surface area (Å²) in [6.07, 6.45) is 2.39. The molecule has 1 fully saturated rings. The summed E-state index contributed by atoms with van der Waals surface area (Å²) < 4.78 is 5.10. The molecule has 31 heavy (non-hydrogen) atoms. The number of amides is 2. The molecule has 2 atom stereocenters. The van der Waals surface area contributed by atoms with Gasteiger partial charge in [0.15, 0.2) is 5.82 Å². The summed E-state index contributed by atoms with van der Waals surface area (Å²) in [6.45, 7) is 4.22. The Morgan fingerprint density at radius 2 is 2.19 bits per heavy atom. The number of hydrogen-bond acceptors (Lipinski definition) is 7. The Kier molecular flexibility index (Phi) is 7.32. The van der Waals surface area contributed by atoms with Gasteiger partial charge in [-0.05, 0) is 31.4 Å². The van der Waals surface area contributed by atoms with Gasteiger partial charge in [-0.2, -0.15) is 4.98 Å². The molecule has 2 aromatic rings. The number of nitrogens with zero attached hydrogens (tertiary/aromatic N) is 3. The molecule has 0 bridgehead atoms. The number of carbonyl (C=O) groups excluding carboxylic acids is 2. The molecular weight excluding hydrogens is 420 g/mol. The summed E-state index contributed by atoms with van der Waals surface area (Å²) in [5.74, 6) is 2.05. The molecule has 3 heterocycles. The first-order valence-electron chi connectivity index (χ1n) is 10.1. The topological polar surface area (TPSA) is 126 Å². The van der Waals surface area contributed by atoms with Gasteiger partial charge >= 0.3 is 0 Å². The van der Waals surface area contributed by atoms with Gasteiger partial charge < -0.3 is 19.8 Å². The Bertz CT molecular complexity index is 949. The van der Waals surface area contributed by atoms with Crippen molar-refractivity contribution >= 4 is 35.7 Å². The van der Waals surface area contributed by atoms with E-state index < -0.39 is 5.41 Å². The Morgan fingerprint density at radius 1 is 1.45 bits per heavy atom. The van der Waals surface area contributed by atoms with Gasteiger partial charge in [0, 0.05) is 12.2 Å². The van der Waals surface area contributed by atoms with Crippen LogP contribution in [0, 0.1) is 6.92 Å². The lowest BCUT2D eigenvalue weighted by molar-refractivity contribution is -0.131. The lowest BCUT2D eigenvalue weighted by Crippen LogP contribution is -2.49. The first kappa shape index (κ1) is 22.8. The summed E-state index contributed by atoms with van der Waals surface area (Å²) in [4.78, 5) is 40.5. The zero-order valence-corrected chi connectivity index (χ0v) is 18.4. The zero-order valence-electron chi connectivity index (χ0n) is 17.5. The number of rotatable bonds is 6. The minimum Gasteiger partial charge on any atom is -0.483 e. The number of carbonyl (C=O) groups is 3. The number of thioether (sulfide) groups is 1. The van der Waals surface area contributed by atoms with Crippen molar-refractivity contribution in [3.63, 3.8) is 0 Å². The quantitative estimate of drug-likeness (QED) is 0.649. The average Bonchev–Trinajstić information content (AvgIpc) is 3.41. The van der Waals surface area contributed by atoms with E-state index in [4.69, 9.17) is 14.4 Å². The van der Waals surface area contributed by atoms with Gasteiger partial charge in [-0.3, -0.25) is 14.4 Å². The molecule has 2 amide bonds. The molecule has 4 rings (SSSR count). The maximum atomic E-state index is 13.0. The molecule has 1 aromatic heterocycles. The summed E-state index contributed by atoms with van der Waals surface area (Å²) >= 11 is 1.46. The molecule has 1 saturated heterocycles.